The molecule has 0 aliphatic rings. The van der Waals surface area contributed by atoms with E-state index in [4.69, 9.17) is 5.26 Å². The van der Waals surface area contributed by atoms with Gasteiger partial charge in [0.1, 0.15) is 17.6 Å². The van der Waals surface area contributed by atoms with E-state index < -0.39 is 15.8 Å². The second-order valence-corrected chi connectivity index (χ2v) is 6.01. The number of nitrogens with one attached hydrogen (secondary N) is 1. The summed E-state index contributed by atoms with van der Waals surface area (Å²) in [5, 5.41) is 18.4. The highest BCUT2D eigenvalue weighted by atomic mass is 32.2. The van der Waals surface area contributed by atoms with Crippen LogP contribution in [0.4, 0.5) is 10.1 Å². The van der Waals surface area contributed by atoms with Gasteiger partial charge in [-0.2, -0.15) is 5.26 Å². The van der Waals surface area contributed by atoms with Gasteiger partial charge < -0.3 is 5.11 Å². The molecule has 0 bridgehead atoms. The van der Waals surface area contributed by atoms with Crippen LogP contribution in [0.15, 0.2) is 41.3 Å². The number of hydrogen-bond donors (Lipinski definition) is 2. The van der Waals surface area contributed by atoms with Gasteiger partial charge in [-0.1, -0.05) is 12.1 Å². The van der Waals surface area contributed by atoms with Crippen molar-refractivity contribution in [2.24, 2.45) is 0 Å². The smallest absolute Gasteiger partial charge is 0.262 e. The molecule has 21 heavy (non-hydrogen) atoms. The fraction of sp³-hybridized carbons (Fsp3) is 0.0714. The van der Waals surface area contributed by atoms with E-state index in [2.05, 4.69) is 4.72 Å². The second-order valence-electron chi connectivity index (χ2n) is 4.33. The summed E-state index contributed by atoms with van der Waals surface area (Å²) in [5.41, 5.74) is 0.202. The number of para-hydroxylation sites is 1. The molecule has 0 aromatic heterocycles. The summed E-state index contributed by atoms with van der Waals surface area (Å²) in [6.45, 7) is 1.63. The molecule has 0 radical (unpaired) electrons. The zero-order valence-corrected chi connectivity index (χ0v) is 11.8. The van der Waals surface area contributed by atoms with Gasteiger partial charge in [-0.15, -0.1) is 0 Å². The van der Waals surface area contributed by atoms with E-state index in [1.54, 1.807) is 25.1 Å². The molecule has 0 spiro atoms. The van der Waals surface area contributed by atoms with Gasteiger partial charge in [0.25, 0.3) is 10.0 Å². The Labute approximate surface area is 121 Å². The molecule has 2 rings (SSSR count). The van der Waals surface area contributed by atoms with Gasteiger partial charge in [0.2, 0.25) is 0 Å². The number of benzene rings is 2. The minimum absolute atomic E-state index is 0.0420. The summed E-state index contributed by atoms with van der Waals surface area (Å²) < 4.78 is 39.9. The third-order valence-corrected chi connectivity index (χ3v) is 4.20. The SMILES string of the molecule is Cc1cccc(O)c1NS(=O)(=O)c1ccc(F)c(C#N)c1. The molecule has 0 fully saturated rings. The van der Waals surface area contributed by atoms with Crippen molar-refractivity contribution in [2.45, 2.75) is 11.8 Å². The molecule has 2 N–H and O–H groups in total. The van der Waals surface area contributed by atoms with E-state index in [0.29, 0.717) is 5.56 Å². The summed E-state index contributed by atoms with van der Waals surface area (Å²) in [6, 6.07) is 9.02. The first-order chi connectivity index (χ1) is 9.85. The lowest BCUT2D eigenvalue weighted by Crippen LogP contribution is -2.14. The maximum absolute atomic E-state index is 13.2. The van der Waals surface area contributed by atoms with Gasteiger partial charge in [0.15, 0.2) is 0 Å². The first-order valence-electron chi connectivity index (χ1n) is 5.86. The number of nitriles is 1. The van der Waals surface area contributed by atoms with Crippen LogP contribution in [0, 0.1) is 24.1 Å². The second kappa shape index (κ2) is 5.42. The highest BCUT2D eigenvalue weighted by molar-refractivity contribution is 7.92. The van der Waals surface area contributed by atoms with Crippen molar-refractivity contribution >= 4 is 15.7 Å². The summed E-state index contributed by atoms with van der Waals surface area (Å²) in [5.74, 6) is -1.02. The van der Waals surface area contributed by atoms with Gasteiger partial charge in [0, 0.05) is 0 Å². The highest BCUT2D eigenvalue weighted by Crippen LogP contribution is 2.29. The van der Waals surface area contributed by atoms with Crippen LogP contribution in [-0.2, 0) is 10.0 Å². The van der Waals surface area contributed by atoms with Crippen LogP contribution in [0.1, 0.15) is 11.1 Å². The van der Waals surface area contributed by atoms with Crippen LogP contribution in [0.3, 0.4) is 0 Å². The molecule has 0 atom stereocenters. The largest absolute Gasteiger partial charge is 0.506 e. The minimum atomic E-state index is -4.04. The van der Waals surface area contributed by atoms with E-state index in [9.17, 15) is 17.9 Å². The van der Waals surface area contributed by atoms with Gasteiger partial charge in [-0.05, 0) is 36.8 Å². The van der Waals surface area contributed by atoms with E-state index in [1.807, 2.05) is 0 Å². The quantitative estimate of drug-likeness (QED) is 0.853. The van der Waals surface area contributed by atoms with Crippen LogP contribution in [-0.4, -0.2) is 13.5 Å². The average molecular weight is 306 g/mol. The van der Waals surface area contributed by atoms with Crippen LogP contribution in [0.2, 0.25) is 0 Å². The summed E-state index contributed by atoms with van der Waals surface area (Å²) in [6.07, 6.45) is 0. The van der Waals surface area contributed by atoms with Gasteiger partial charge >= 0.3 is 0 Å². The van der Waals surface area contributed by atoms with Crippen molar-refractivity contribution in [3.8, 4) is 11.8 Å². The number of phenolic OH excluding ortho intramolecular Hbond substituents is 1. The van der Waals surface area contributed by atoms with Crippen molar-refractivity contribution in [3.63, 3.8) is 0 Å². The lowest BCUT2D eigenvalue weighted by atomic mass is 10.2. The van der Waals surface area contributed by atoms with E-state index >= 15 is 0 Å². The van der Waals surface area contributed by atoms with E-state index in [-0.39, 0.29) is 21.9 Å². The predicted molar refractivity (Wildman–Crippen MR) is 74.8 cm³/mol. The Morgan fingerprint density at radius 2 is 2.00 bits per heavy atom. The first kappa shape index (κ1) is 14.8. The highest BCUT2D eigenvalue weighted by Gasteiger charge is 2.19. The molecule has 2 aromatic carbocycles. The van der Waals surface area contributed by atoms with Crippen molar-refractivity contribution in [2.75, 3.05) is 4.72 Å². The average Bonchev–Trinajstić information content (AvgIpc) is 2.43. The summed E-state index contributed by atoms with van der Waals surface area (Å²) >= 11 is 0. The predicted octanol–water partition coefficient (Wildman–Crippen LogP) is 2.51. The molecule has 0 amide bonds. The molecule has 0 saturated heterocycles. The number of sulfonamides is 1. The minimum Gasteiger partial charge on any atom is -0.506 e. The Hall–Kier alpha value is -2.59. The number of aryl methyl sites for hydroxylation is 1. The zero-order chi connectivity index (χ0) is 15.6. The Bertz CT molecular complexity index is 822. The summed E-state index contributed by atoms with van der Waals surface area (Å²) in [4.78, 5) is -0.261. The number of hydrogen-bond acceptors (Lipinski definition) is 4. The topological polar surface area (TPSA) is 90.2 Å². The molecule has 2 aromatic rings. The molecule has 108 valence electrons. The Morgan fingerprint density at radius 3 is 2.62 bits per heavy atom. The van der Waals surface area contributed by atoms with Crippen molar-refractivity contribution in [1.82, 2.24) is 0 Å². The molecule has 5 nitrogen and oxygen atoms in total. The van der Waals surface area contributed by atoms with Gasteiger partial charge in [-0.3, -0.25) is 4.72 Å². The molecule has 0 heterocycles. The number of aromatic hydroxyl groups is 1. The monoisotopic (exact) mass is 306 g/mol. The van der Waals surface area contributed by atoms with Crippen molar-refractivity contribution in [1.29, 1.82) is 5.26 Å². The number of halogens is 1. The first-order valence-corrected chi connectivity index (χ1v) is 7.34. The maximum atomic E-state index is 13.2. The molecule has 7 heteroatoms. The number of anilines is 1. The normalized spacial score (nSPS) is 10.9. The van der Waals surface area contributed by atoms with E-state index in [1.165, 1.54) is 6.07 Å². The van der Waals surface area contributed by atoms with Crippen LogP contribution >= 0.6 is 0 Å². The van der Waals surface area contributed by atoms with Crippen LogP contribution in [0.5, 0.6) is 5.75 Å². The van der Waals surface area contributed by atoms with Gasteiger partial charge in [-0.25, -0.2) is 12.8 Å². The zero-order valence-electron chi connectivity index (χ0n) is 11.0. The third kappa shape index (κ3) is 2.95. The third-order valence-electron chi connectivity index (χ3n) is 2.86. The number of phenols is 1. The summed E-state index contributed by atoms with van der Waals surface area (Å²) in [7, 11) is -4.04. The van der Waals surface area contributed by atoms with Crippen LogP contribution in [0.25, 0.3) is 0 Å². The molecular weight excluding hydrogens is 295 g/mol. The van der Waals surface area contributed by atoms with Crippen LogP contribution < -0.4 is 4.72 Å². The Kier molecular flexibility index (Phi) is 3.82. The Balaban J connectivity index is 2.47. The molecule has 0 aliphatic carbocycles. The van der Waals surface area contributed by atoms with Crippen molar-refractivity contribution in [3.05, 3.63) is 53.3 Å². The van der Waals surface area contributed by atoms with Gasteiger partial charge in [0.05, 0.1) is 16.1 Å². The number of rotatable bonds is 3. The lowest BCUT2D eigenvalue weighted by molar-refractivity contribution is 0.477. The fourth-order valence-corrected chi connectivity index (χ4v) is 2.91. The molecule has 0 saturated carbocycles. The Morgan fingerprint density at radius 1 is 1.29 bits per heavy atom. The van der Waals surface area contributed by atoms with Crippen molar-refractivity contribution < 1.29 is 17.9 Å². The maximum Gasteiger partial charge on any atom is 0.262 e. The molecule has 0 unspecified atom stereocenters. The number of nitrogens with zero attached hydrogens (tertiary/aromatic N) is 1. The fourth-order valence-electron chi connectivity index (χ4n) is 1.74. The van der Waals surface area contributed by atoms with E-state index in [0.717, 1.165) is 18.2 Å². The standard InChI is InChI=1S/C14H11FN2O3S/c1-9-3-2-4-13(18)14(9)17-21(19,20)11-5-6-12(15)10(7-11)8-16/h2-7,17-18H,1H3. The lowest BCUT2D eigenvalue weighted by Gasteiger charge is -2.12. The molecular formula is C14H11FN2O3S. The molecule has 0 aliphatic heterocycles.